The number of carbonyl (C=O) groups excluding carboxylic acids is 1. The number of benzene rings is 2. The fourth-order valence-electron chi connectivity index (χ4n) is 2.37. The Morgan fingerprint density at radius 3 is 2.60 bits per heavy atom. The Labute approximate surface area is 143 Å². The Kier molecular flexibility index (Phi) is 4.56. The average Bonchev–Trinajstić information content (AvgIpc) is 2.62. The first-order valence-corrected chi connectivity index (χ1v) is 7.70. The fraction of sp³-hybridized carbons (Fsp3) is 0.111. The molecule has 7 heteroatoms. The molecule has 3 rings (SSSR count). The van der Waals surface area contributed by atoms with Crippen molar-refractivity contribution in [2.45, 2.75) is 13.0 Å². The summed E-state index contributed by atoms with van der Waals surface area (Å²) in [7, 11) is 0. The van der Waals surface area contributed by atoms with Crippen LogP contribution in [0.2, 0.25) is 0 Å². The molecule has 0 saturated carbocycles. The Hall–Kier alpha value is -3.48. The van der Waals surface area contributed by atoms with Gasteiger partial charge in [-0.2, -0.15) is 0 Å². The maximum Gasteiger partial charge on any atom is 0.270 e. The minimum absolute atomic E-state index is 0.0191. The number of rotatable bonds is 5. The standard InChI is InChI=1S/C18H16N4O3/c1-12(18(23)20-14-5-3-2-4-6-14)19-17-10-7-13-11-15(22(24)25)8-9-16(13)21-17/h2-12H,1H3,(H,19,21)(H,20,23). The second-order valence-electron chi connectivity index (χ2n) is 5.55. The topological polar surface area (TPSA) is 97.2 Å². The van der Waals surface area contributed by atoms with E-state index in [1.165, 1.54) is 12.1 Å². The molecule has 0 radical (unpaired) electrons. The number of nitrogens with one attached hydrogen (secondary N) is 2. The van der Waals surface area contributed by atoms with Gasteiger partial charge >= 0.3 is 0 Å². The molecule has 0 bridgehead atoms. The Morgan fingerprint density at radius 1 is 1.12 bits per heavy atom. The molecule has 1 aromatic heterocycles. The number of hydrogen-bond donors (Lipinski definition) is 2. The summed E-state index contributed by atoms with van der Waals surface area (Å²) in [5.41, 5.74) is 1.36. The van der Waals surface area contributed by atoms with Crippen LogP contribution in [0.15, 0.2) is 60.7 Å². The SMILES string of the molecule is CC(Nc1ccc2cc([N+](=O)[O-])ccc2n1)C(=O)Nc1ccccc1. The summed E-state index contributed by atoms with van der Waals surface area (Å²) in [6.07, 6.45) is 0. The van der Waals surface area contributed by atoms with E-state index < -0.39 is 11.0 Å². The number of para-hydroxylation sites is 1. The summed E-state index contributed by atoms with van der Waals surface area (Å²) in [4.78, 5) is 27.0. The van der Waals surface area contributed by atoms with E-state index in [-0.39, 0.29) is 11.6 Å². The second kappa shape index (κ2) is 6.96. The van der Waals surface area contributed by atoms with Crippen molar-refractivity contribution in [3.8, 4) is 0 Å². The molecule has 1 unspecified atom stereocenters. The lowest BCUT2D eigenvalue weighted by Gasteiger charge is -2.15. The van der Waals surface area contributed by atoms with Crippen LogP contribution >= 0.6 is 0 Å². The van der Waals surface area contributed by atoms with Crippen LogP contribution in [0.4, 0.5) is 17.2 Å². The normalized spacial score (nSPS) is 11.7. The zero-order valence-corrected chi connectivity index (χ0v) is 13.5. The number of nitro groups is 1. The Balaban J connectivity index is 1.72. The monoisotopic (exact) mass is 336 g/mol. The molecule has 1 atom stereocenters. The van der Waals surface area contributed by atoms with Crippen LogP contribution in [-0.4, -0.2) is 21.9 Å². The molecule has 1 heterocycles. The van der Waals surface area contributed by atoms with Crippen molar-refractivity contribution in [1.82, 2.24) is 4.98 Å². The molecule has 0 spiro atoms. The first kappa shape index (κ1) is 16.4. The summed E-state index contributed by atoms with van der Waals surface area (Å²) in [6.45, 7) is 1.74. The largest absolute Gasteiger partial charge is 0.359 e. The fourth-order valence-corrected chi connectivity index (χ4v) is 2.37. The van der Waals surface area contributed by atoms with Crippen molar-refractivity contribution in [3.05, 3.63) is 70.8 Å². The van der Waals surface area contributed by atoms with Gasteiger partial charge in [0.15, 0.2) is 0 Å². The number of amides is 1. The van der Waals surface area contributed by atoms with Gasteiger partial charge in [-0.3, -0.25) is 14.9 Å². The van der Waals surface area contributed by atoms with Crippen molar-refractivity contribution in [2.24, 2.45) is 0 Å². The van der Waals surface area contributed by atoms with Gasteiger partial charge in [0.2, 0.25) is 5.91 Å². The smallest absolute Gasteiger partial charge is 0.270 e. The summed E-state index contributed by atoms with van der Waals surface area (Å²) in [5.74, 6) is 0.342. The molecular weight excluding hydrogens is 320 g/mol. The lowest BCUT2D eigenvalue weighted by Crippen LogP contribution is -2.32. The number of anilines is 2. The third kappa shape index (κ3) is 3.89. The van der Waals surface area contributed by atoms with E-state index in [1.807, 2.05) is 30.3 Å². The predicted octanol–water partition coefficient (Wildman–Crippen LogP) is 3.58. The lowest BCUT2D eigenvalue weighted by atomic mass is 10.2. The van der Waals surface area contributed by atoms with Gasteiger partial charge in [-0.05, 0) is 37.3 Å². The number of pyridine rings is 1. The van der Waals surface area contributed by atoms with E-state index in [1.54, 1.807) is 25.1 Å². The predicted molar refractivity (Wildman–Crippen MR) is 96.6 cm³/mol. The van der Waals surface area contributed by atoms with Gasteiger partial charge < -0.3 is 10.6 Å². The zero-order chi connectivity index (χ0) is 17.8. The van der Waals surface area contributed by atoms with Crippen molar-refractivity contribution in [1.29, 1.82) is 0 Å². The number of non-ortho nitro benzene ring substituents is 1. The molecule has 25 heavy (non-hydrogen) atoms. The third-order valence-corrected chi connectivity index (χ3v) is 3.68. The van der Waals surface area contributed by atoms with E-state index in [0.717, 1.165) is 5.69 Å². The molecule has 0 aliphatic rings. The summed E-state index contributed by atoms with van der Waals surface area (Å²) >= 11 is 0. The van der Waals surface area contributed by atoms with Crippen LogP contribution in [0.3, 0.4) is 0 Å². The van der Waals surface area contributed by atoms with E-state index in [0.29, 0.717) is 16.7 Å². The van der Waals surface area contributed by atoms with Gasteiger partial charge in [-0.1, -0.05) is 18.2 Å². The van der Waals surface area contributed by atoms with Crippen LogP contribution in [0.25, 0.3) is 10.9 Å². The maximum absolute atomic E-state index is 12.2. The van der Waals surface area contributed by atoms with Crippen LogP contribution < -0.4 is 10.6 Å². The van der Waals surface area contributed by atoms with Gasteiger partial charge in [-0.25, -0.2) is 4.98 Å². The highest BCUT2D eigenvalue weighted by Crippen LogP contribution is 2.21. The van der Waals surface area contributed by atoms with Gasteiger partial charge in [0.05, 0.1) is 10.4 Å². The molecule has 0 saturated heterocycles. The van der Waals surface area contributed by atoms with Gasteiger partial charge in [-0.15, -0.1) is 0 Å². The molecule has 0 fully saturated rings. The first-order valence-electron chi connectivity index (χ1n) is 7.70. The number of nitro benzene ring substituents is 1. The molecule has 126 valence electrons. The van der Waals surface area contributed by atoms with Gasteiger partial charge in [0.25, 0.3) is 5.69 Å². The van der Waals surface area contributed by atoms with Gasteiger partial charge in [0.1, 0.15) is 11.9 Å². The first-order chi connectivity index (χ1) is 12.0. The number of aromatic nitrogens is 1. The quantitative estimate of drug-likeness (QED) is 0.548. The Morgan fingerprint density at radius 2 is 1.88 bits per heavy atom. The van der Waals surface area contributed by atoms with Crippen molar-refractivity contribution >= 4 is 34.0 Å². The minimum atomic E-state index is -0.497. The molecule has 0 aliphatic heterocycles. The number of fused-ring (bicyclic) bond motifs is 1. The number of carbonyl (C=O) groups is 1. The number of hydrogen-bond acceptors (Lipinski definition) is 5. The minimum Gasteiger partial charge on any atom is -0.359 e. The van der Waals surface area contributed by atoms with Crippen molar-refractivity contribution in [2.75, 3.05) is 10.6 Å². The maximum atomic E-state index is 12.2. The van der Waals surface area contributed by atoms with Crippen molar-refractivity contribution in [3.63, 3.8) is 0 Å². The highest BCUT2D eigenvalue weighted by atomic mass is 16.6. The Bertz CT molecular complexity index is 928. The van der Waals surface area contributed by atoms with Crippen LogP contribution in [0, 0.1) is 10.1 Å². The van der Waals surface area contributed by atoms with Crippen molar-refractivity contribution < 1.29 is 9.72 Å². The van der Waals surface area contributed by atoms with E-state index in [9.17, 15) is 14.9 Å². The van der Waals surface area contributed by atoms with Gasteiger partial charge in [0, 0.05) is 23.2 Å². The average molecular weight is 336 g/mol. The van der Waals surface area contributed by atoms with E-state index in [2.05, 4.69) is 15.6 Å². The van der Waals surface area contributed by atoms with E-state index >= 15 is 0 Å². The highest BCUT2D eigenvalue weighted by Gasteiger charge is 2.14. The molecule has 2 N–H and O–H groups in total. The third-order valence-electron chi connectivity index (χ3n) is 3.68. The molecule has 7 nitrogen and oxygen atoms in total. The molecule has 2 aromatic carbocycles. The summed E-state index contributed by atoms with van der Waals surface area (Å²) in [6, 6.07) is 16.6. The molecule has 0 aliphatic carbocycles. The zero-order valence-electron chi connectivity index (χ0n) is 13.5. The van der Waals surface area contributed by atoms with Crippen LogP contribution in [0.1, 0.15) is 6.92 Å². The lowest BCUT2D eigenvalue weighted by molar-refractivity contribution is -0.384. The summed E-state index contributed by atoms with van der Waals surface area (Å²) < 4.78 is 0. The second-order valence-corrected chi connectivity index (χ2v) is 5.55. The van der Waals surface area contributed by atoms with Crippen LogP contribution in [-0.2, 0) is 4.79 Å². The molecular formula is C18H16N4O3. The molecule has 3 aromatic rings. The number of nitrogens with zero attached hydrogens (tertiary/aromatic N) is 2. The van der Waals surface area contributed by atoms with Crippen LogP contribution in [0.5, 0.6) is 0 Å². The highest BCUT2D eigenvalue weighted by molar-refractivity contribution is 5.96. The molecule has 1 amide bonds. The summed E-state index contributed by atoms with van der Waals surface area (Å²) in [5, 5.41) is 17.3. The van der Waals surface area contributed by atoms with E-state index in [4.69, 9.17) is 0 Å².